The van der Waals surface area contributed by atoms with E-state index in [1.807, 2.05) is 30.3 Å². The third-order valence-electron chi connectivity index (χ3n) is 4.25. The highest BCUT2D eigenvalue weighted by Crippen LogP contribution is 2.30. The molecule has 0 atom stereocenters. The number of anilines is 1. The van der Waals surface area contributed by atoms with Crippen LogP contribution in [0.1, 0.15) is 0 Å². The number of para-hydroxylation sites is 1. The van der Waals surface area contributed by atoms with E-state index in [1.165, 1.54) is 4.80 Å². The molecule has 0 bridgehead atoms. The number of hydrogen-bond acceptors (Lipinski definition) is 7. The highest BCUT2D eigenvalue weighted by molar-refractivity contribution is 5.92. The quantitative estimate of drug-likeness (QED) is 0.539. The zero-order valence-corrected chi connectivity index (χ0v) is 15.9. The van der Waals surface area contributed by atoms with Crippen LogP contribution < -0.4 is 14.8 Å². The molecule has 4 rings (SSSR count). The summed E-state index contributed by atoms with van der Waals surface area (Å²) in [5, 5.41) is 16.0. The van der Waals surface area contributed by atoms with Gasteiger partial charge in [0.2, 0.25) is 11.7 Å². The predicted octanol–water partition coefficient (Wildman–Crippen LogP) is 2.54. The van der Waals surface area contributed by atoms with Crippen LogP contribution >= 0.6 is 0 Å². The molecular formula is C20H18N6O3. The number of pyridine rings is 1. The first kappa shape index (κ1) is 18.4. The van der Waals surface area contributed by atoms with Gasteiger partial charge in [-0.05, 0) is 35.5 Å². The smallest absolute Gasteiger partial charge is 0.248 e. The molecule has 0 aliphatic rings. The molecule has 2 heterocycles. The molecular weight excluding hydrogens is 372 g/mol. The van der Waals surface area contributed by atoms with Crippen LogP contribution in [0.15, 0.2) is 54.7 Å². The Balaban J connectivity index is 1.46. The summed E-state index contributed by atoms with van der Waals surface area (Å²) in [6.45, 7) is -0.0763. The highest BCUT2D eigenvalue weighted by atomic mass is 16.5. The molecule has 0 radical (unpaired) electrons. The standard InChI is InChI=1S/C20H18N6O3/c1-28-17-8-7-14(10-18(17)29-2)20-23-25-26(24-20)12-19(27)22-15-9-13-5-3-4-6-16(13)21-11-15/h3-11H,12H2,1-2H3,(H,22,27). The van der Waals surface area contributed by atoms with E-state index >= 15 is 0 Å². The lowest BCUT2D eigenvalue weighted by molar-refractivity contribution is -0.117. The number of rotatable bonds is 6. The predicted molar refractivity (Wildman–Crippen MR) is 107 cm³/mol. The Hall–Kier alpha value is -4.01. The first-order chi connectivity index (χ1) is 14.2. The van der Waals surface area contributed by atoms with Crippen molar-refractivity contribution in [2.75, 3.05) is 19.5 Å². The number of tetrazole rings is 1. The van der Waals surface area contributed by atoms with E-state index in [-0.39, 0.29) is 12.5 Å². The Kier molecular flexibility index (Phi) is 5.02. The van der Waals surface area contributed by atoms with Crippen molar-refractivity contribution >= 4 is 22.5 Å². The normalized spacial score (nSPS) is 10.7. The Labute approximate surface area is 166 Å². The van der Waals surface area contributed by atoms with Crippen molar-refractivity contribution in [3.05, 3.63) is 54.7 Å². The van der Waals surface area contributed by atoms with Crippen molar-refractivity contribution in [1.29, 1.82) is 0 Å². The lowest BCUT2D eigenvalue weighted by Crippen LogP contribution is -2.20. The summed E-state index contributed by atoms with van der Waals surface area (Å²) in [4.78, 5) is 17.9. The van der Waals surface area contributed by atoms with Crippen molar-refractivity contribution in [2.24, 2.45) is 0 Å². The maximum Gasteiger partial charge on any atom is 0.248 e. The summed E-state index contributed by atoms with van der Waals surface area (Å²) in [6.07, 6.45) is 1.62. The van der Waals surface area contributed by atoms with Gasteiger partial charge in [0.05, 0.1) is 31.6 Å². The maximum absolute atomic E-state index is 12.3. The number of benzene rings is 2. The van der Waals surface area contributed by atoms with Gasteiger partial charge in [-0.3, -0.25) is 9.78 Å². The summed E-state index contributed by atoms with van der Waals surface area (Å²) in [6, 6.07) is 14.9. The lowest BCUT2D eigenvalue weighted by Gasteiger charge is -2.07. The van der Waals surface area contributed by atoms with Crippen LogP contribution in [0, 0.1) is 0 Å². The Bertz CT molecular complexity index is 1170. The molecule has 1 N–H and O–H groups in total. The van der Waals surface area contributed by atoms with Gasteiger partial charge in [0.1, 0.15) is 6.54 Å². The van der Waals surface area contributed by atoms with Gasteiger partial charge in [-0.15, -0.1) is 10.2 Å². The van der Waals surface area contributed by atoms with E-state index in [2.05, 4.69) is 25.7 Å². The summed E-state index contributed by atoms with van der Waals surface area (Å²) in [5.41, 5.74) is 2.17. The van der Waals surface area contributed by atoms with Crippen LogP contribution in [0.4, 0.5) is 5.69 Å². The van der Waals surface area contributed by atoms with Crippen molar-refractivity contribution in [1.82, 2.24) is 25.2 Å². The van der Waals surface area contributed by atoms with Crippen LogP contribution in [0.25, 0.3) is 22.3 Å². The molecule has 0 fully saturated rings. The first-order valence-corrected chi connectivity index (χ1v) is 8.81. The monoisotopic (exact) mass is 390 g/mol. The van der Waals surface area contributed by atoms with Crippen LogP contribution in [0.5, 0.6) is 11.5 Å². The minimum atomic E-state index is -0.279. The van der Waals surface area contributed by atoms with Gasteiger partial charge in [0.15, 0.2) is 11.5 Å². The largest absolute Gasteiger partial charge is 0.493 e. The molecule has 0 unspecified atom stereocenters. The molecule has 0 aliphatic heterocycles. The fourth-order valence-electron chi connectivity index (χ4n) is 2.87. The third-order valence-corrected chi connectivity index (χ3v) is 4.25. The SMILES string of the molecule is COc1ccc(-c2nnn(CC(=O)Nc3cnc4ccccc4c3)n2)cc1OC. The number of amides is 1. The van der Waals surface area contributed by atoms with Crippen molar-refractivity contribution in [2.45, 2.75) is 6.54 Å². The Morgan fingerprint density at radius 3 is 2.72 bits per heavy atom. The topological polar surface area (TPSA) is 104 Å². The van der Waals surface area contributed by atoms with E-state index in [0.717, 1.165) is 10.9 Å². The fraction of sp³-hybridized carbons (Fsp3) is 0.150. The molecule has 2 aromatic heterocycles. The van der Waals surface area contributed by atoms with Crippen LogP contribution in [-0.2, 0) is 11.3 Å². The number of carbonyl (C=O) groups is 1. The zero-order chi connectivity index (χ0) is 20.2. The van der Waals surface area contributed by atoms with Crippen molar-refractivity contribution in [3.63, 3.8) is 0 Å². The molecule has 1 amide bonds. The van der Waals surface area contributed by atoms with Gasteiger partial charge in [-0.2, -0.15) is 4.80 Å². The number of ether oxygens (including phenoxy) is 2. The fourth-order valence-corrected chi connectivity index (χ4v) is 2.87. The average Bonchev–Trinajstić information content (AvgIpc) is 3.21. The van der Waals surface area contributed by atoms with E-state index in [4.69, 9.17) is 9.47 Å². The highest BCUT2D eigenvalue weighted by Gasteiger charge is 2.12. The van der Waals surface area contributed by atoms with Gasteiger partial charge in [0, 0.05) is 10.9 Å². The minimum Gasteiger partial charge on any atom is -0.493 e. The van der Waals surface area contributed by atoms with E-state index in [0.29, 0.717) is 28.6 Å². The third kappa shape index (κ3) is 3.98. The van der Waals surface area contributed by atoms with Gasteiger partial charge in [0.25, 0.3) is 0 Å². The second-order valence-electron chi connectivity index (χ2n) is 6.18. The molecule has 0 spiro atoms. The van der Waals surface area contributed by atoms with Gasteiger partial charge in [-0.1, -0.05) is 18.2 Å². The lowest BCUT2D eigenvalue weighted by atomic mass is 10.2. The Morgan fingerprint density at radius 1 is 1.07 bits per heavy atom. The number of aromatic nitrogens is 5. The molecule has 9 heteroatoms. The average molecular weight is 390 g/mol. The van der Waals surface area contributed by atoms with Gasteiger partial charge in [-0.25, -0.2) is 0 Å². The van der Waals surface area contributed by atoms with Crippen molar-refractivity contribution in [3.8, 4) is 22.9 Å². The number of methoxy groups -OCH3 is 2. The van der Waals surface area contributed by atoms with E-state index in [1.54, 1.807) is 38.6 Å². The number of hydrogen-bond donors (Lipinski definition) is 1. The molecule has 0 saturated carbocycles. The molecule has 0 aliphatic carbocycles. The molecule has 29 heavy (non-hydrogen) atoms. The first-order valence-electron chi connectivity index (χ1n) is 8.81. The molecule has 146 valence electrons. The zero-order valence-electron chi connectivity index (χ0n) is 15.9. The summed E-state index contributed by atoms with van der Waals surface area (Å²) in [5.74, 6) is 1.26. The molecule has 9 nitrogen and oxygen atoms in total. The molecule has 0 saturated heterocycles. The number of fused-ring (bicyclic) bond motifs is 1. The van der Waals surface area contributed by atoms with E-state index in [9.17, 15) is 4.79 Å². The van der Waals surface area contributed by atoms with Gasteiger partial charge < -0.3 is 14.8 Å². The second-order valence-corrected chi connectivity index (χ2v) is 6.18. The molecule has 2 aromatic carbocycles. The number of nitrogens with one attached hydrogen (secondary N) is 1. The summed E-state index contributed by atoms with van der Waals surface area (Å²) in [7, 11) is 3.12. The minimum absolute atomic E-state index is 0.0763. The maximum atomic E-state index is 12.3. The van der Waals surface area contributed by atoms with E-state index < -0.39 is 0 Å². The molecule has 4 aromatic rings. The number of carbonyl (C=O) groups excluding carboxylic acids is 1. The summed E-state index contributed by atoms with van der Waals surface area (Å²) >= 11 is 0. The van der Waals surface area contributed by atoms with Crippen LogP contribution in [0.3, 0.4) is 0 Å². The Morgan fingerprint density at radius 2 is 1.90 bits per heavy atom. The second kappa shape index (κ2) is 7.93. The van der Waals surface area contributed by atoms with Crippen molar-refractivity contribution < 1.29 is 14.3 Å². The van der Waals surface area contributed by atoms with Gasteiger partial charge >= 0.3 is 0 Å². The number of nitrogens with zero attached hydrogens (tertiary/aromatic N) is 5. The summed E-state index contributed by atoms with van der Waals surface area (Å²) < 4.78 is 10.5. The van der Waals surface area contributed by atoms with Crippen LogP contribution in [-0.4, -0.2) is 45.3 Å². The van der Waals surface area contributed by atoms with Crippen LogP contribution in [0.2, 0.25) is 0 Å².